The van der Waals surface area contributed by atoms with Gasteiger partial charge in [-0.2, -0.15) is 4.31 Å². The second-order valence-corrected chi connectivity index (χ2v) is 7.95. The second kappa shape index (κ2) is 8.61. The predicted octanol–water partition coefficient (Wildman–Crippen LogP) is 1.27. The van der Waals surface area contributed by atoms with Crippen molar-refractivity contribution in [1.82, 2.24) is 4.31 Å². The van der Waals surface area contributed by atoms with Crippen LogP contribution < -0.4 is 0 Å². The third-order valence-electron chi connectivity index (χ3n) is 3.39. The van der Waals surface area contributed by atoms with E-state index in [1.807, 2.05) is 0 Å². The molecule has 0 aliphatic carbocycles. The van der Waals surface area contributed by atoms with E-state index < -0.39 is 20.9 Å². The van der Waals surface area contributed by atoms with Gasteiger partial charge in [-0.05, 0) is 19.1 Å². The SMILES string of the molecule is CCOC(=O)CSc1ccc(S(=O)(=O)N2CCOCC2)cc1[N+](=O)[O-]. The molecule has 1 aromatic carbocycles. The quantitative estimate of drug-likeness (QED) is 0.296. The van der Waals surface area contributed by atoms with Crippen LogP contribution in [-0.4, -0.2) is 62.3 Å². The van der Waals surface area contributed by atoms with Gasteiger partial charge >= 0.3 is 5.97 Å². The Morgan fingerprint density at radius 2 is 2.08 bits per heavy atom. The topological polar surface area (TPSA) is 116 Å². The molecule has 1 aliphatic heterocycles. The molecule has 0 radical (unpaired) electrons. The average molecular weight is 390 g/mol. The number of nitro benzene ring substituents is 1. The summed E-state index contributed by atoms with van der Waals surface area (Å²) in [6, 6.07) is 3.68. The van der Waals surface area contributed by atoms with Gasteiger partial charge in [-0.15, -0.1) is 11.8 Å². The second-order valence-electron chi connectivity index (χ2n) is 5.00. The van der Waals surface area contributed by atoms with Gasteiger partial charge in [0.1, 0.15) is 0 Å². The van der Waals surface area contributed by atoms with Crippen LogP contribution in [0.4, 0.5) is 5.69 Å². The highest BCUT2D eigenvalue weighted by molar-refractivity contribution is 8.00. The molecule has 0 aromatic heterocycles. The molecule has 0 atom stereocenters. The molecule has 0 unspecified atom stereocenters. The molecule has 138 valence electrons. The Bertz CT molecular complexity index is 746. The first-order valence-corrected chi connectivity index (χ1v) is 9.93. The monoisotopic (exact) mass is 390 g/mol. The zero-order chi connectivity index (χ0) is 18.4. The first-order chi connectivity index (χ1) is 11.9. The lowest BCUT2D eigenvalue weighted by molar-refractivity contribution is -0.388. The number of ether oxygens (including phenoxy) is 2. The van der Waals surface area contributed by atoms with Crippen LogP contribution in [0.3, 0.4) is 0 Å². The van der Waals surface area contributed by atoms with Crippen molar-refractivity contribution in [3.8, 4) is 0 Å². The van der Waals surface area contributed by atoms with Crippen molar-refractivity contribution in [2.24, 2.45) is 0 Å². The van der Waals surface area contributed by atoms with E-state index in [4.69, 9.17) is 9.47 Å². The summed E-state index contributed by atoms with van der Waals surface area (Å²) < 4.78 is 36.3. The first kappa shape index (κ1) is 19.6. The molecule has 9 nitrogen and oxygen atoms in total. The molecule has 0 saturated carbocycles. The lowest BCUT2D eigenvalue weighted by Gasteiger charge is -2.26. The lowest BCUT2D eigenvalue weighted by Crippen LogP contribution is -2.40. The highest BCUT2D eigenvalue weighted by Gasteiger charge is 2.29. The summed E-state index contributed by atoms with van der Waals surface area (Å²) in [5.74, 6) is -0.587. The van der Waals surface area contributed by atoms with E-state index in [0.717, 1.165) is 17.8 Å². The summed E-state index contributed by atoms with van der Waals surface area (Å²) in [6.45, 7) is 2.86. The Morgan fingerprint density at radius 1 is 1.40 bits per heavy atom. The van der Waals surface area contributed by atoms with Crippen LogP contribution in [0.2, 0.25) is 0 Å². The van der Waals surface area contributed by atoms with Crippen molar-refractivity contribution in [2.75, 3.05) is 38.7 Å². The summed E-state index contributed by atoms with van der Waals surface area (Å²) >= 11 is 0.934. The Hall–Kier alpha value is -1.69. The van der Waals surface area contributed by atoms with E-state index in [9.17, 15) is 23.3 Å². The smallest absolute Gasteiger partial charge is 0.316 e. The van der Waals surface area contributed by atoms with Crippen molar-refractivity contribution in [3.63, 3.8) is 0 Å². The van der Waals surface area contributed by atoms with Crippen LogP contribution in [0.5, 0.6) is 0 Å². The van der Waals surface area contributed by atoms with Crippen molar-refractivity contribution < 1.29 is 27.6 Å². The number of sulfonamides is 1. The molecule has 0 amide bonds. The predicted molar refractivity (Wildman–Crippen MR) is 90.0 cm³/mol. The number of carbonyl (C=O) groups excluding carboxylic acids is 1. The fourth-order valence-electron chi connectivity index (χ4n) is 2.20. The number of esters is 1. The van der Waals surface area contributed by atoms with Gasteiger partial charge in [0.15, 0.2) is 0 Å². The minimum atomic E-state index is -3.83. The van der Waals surface area contributed by atoms with Crippen molar-refractivity contribution >= 4 is 33.4 Å². The summed E-state index contributed by atoms with van der Waals surface area (Å²) in [5.41, 5.74) is -0.358. The molecule has 25 heavy (non-hydrogen) atoms. The Labute approximate surface area is 149 Å². The van der Waals surface area contributed by atoms with E-state index in [1.165, 1.54) is 16.4 Å². The molecule has 1 heterocycles. The Balaban J connectivity index is 2.25. The number of carbonyl (C=O) groups is 1. The molecule has 0 spiro atoms. The number of benzene rings is 1. The van der Waals surface area contributed by atoms with E-state index >= 15 is 0 Å². The maximum Gasteiger partial charge on any atom is 0.316 e. The summed E-state index contributed by atoms with van der Waals surface area (Å²) in [4.78, 5) is 22.1. The fourth-order valence-corrected chi connectivity index (χ4v) is 4.43. The molecule has 1 aliphatic rings. The minimum Gasteiger partial charge on any atom is -0.465 e. The molecule has 11 heteroatoms. The van der Waals surface area contributed by atoms with E-state index in [-0.39, 0.29) is 54.1 Å². The van der Waals surface area contributed by atoms with Crippen molar-refractivity contribution in [1.29, 1.82) is 0 Å². The maximum absolute atomic E-state index is 12.6. The van der Waals surface area contributed by atoms with Gasteiger partial charge in [-0.1, -0.05) is 0 Å². The van der Waals surface area contributed by atoms with Crippen LogP contribution >= 0.6 is 11.8 Å². The fraction of sp³-hybridized carbons (Fsp3) is 0.500. The van der Waals surface area contributed by atoms with E-state index in [2.05, 4.69) is 0 Å². The van der Waals surface area contributed by atoms with Gasteiger partial charge in [0.25, 0.3) is 5.69 Å². The maximum atomic E-state index is 12.6. The minimum absolute atomic E-state index is 0.0930. The standard InChI is InChI=1S/C14H18N2O7S2/c1-2-23-14(17)10-24-13-4-3-11(9-12(13)16(18)19)25(20,21)15-5-7-22-8-6-15/h3-4,9H,2,5-8,10H2,1H3. The van der Waals surface area contributed by atoms with Gasteiger partial charge < -0.3 is 9.47 Å². The van der Waals surface area contributed by atoms with Gasteiger partial charge in [0, 0.05) is 19.2 Å². The first-order valence-electron chi connectivity index (χ1n) is 7.51. The summed E-state index contributed by atoms with van der Waals surface area (Å²) in [5, 5.41) is 11.3. The van der Waals surface area contributed by atoms with Crippen LogP contribution in [0.15, 0.2) is 28.0 Å². The largest absolute Gasteiger partial charge is 0.465 e. The number of nitrogens with zero attached hydrogens (tertiary/aromatic N) is 2. The summed E-state index contributed by atoms with van der Waals surface area (Å²) in [7, 11) is -3.83. The van der Waals surface area contributed by atoms with Crippen LogP contribution in [0.25, 0.3) is 0 Å². The van der Waals surface area contributed by atoms with Crippen molar-refractivity contribution in [3.05, 3.63) is 28.3 Å². The van der Waals surface area contributed by atoms with Crippen molar-refractivity contribution in [2.45, 2.75) is 16.7 Å². The molecule has 0 bridgehead atoms. The molecule has 0 N–H and O–H groups in total. The normalized spacial score (nSPS) is 15.7. The van der Waals surface area contributed by atoms with E-state index in [1.54, 1.807) is 6.92 Å². The Morgan fingerprint density at radius 3 is 2.68 bits per heavy atom. The molecular formula is C14H18N2O7S2. The average Bonchev–Trinajstić information content (AvgIpc) is 2.60. The third-order valence-corrected chi connectivity index (χ3v) is 6.32. The number of nitro groups is 1. The highest BCUT2D eigenvalue weighted by atomic mass is 32.2. The van der Waals surface area contributed by atoms with Crippen LogP contribution in [0.1, 0.15) is 6.92 Å². The lowest BCUT2D eigenvalue weighted by atomic mass is 10.3. The number of thioether (sulfide) groups is 1. The van der Waals surface area contributed by atoms with Gasteiger partial charge in [0.05, 0.1) is 40.3 Å². The zero-order valence-corrected chi connectivity index (χ0v) is 15.2. The summed E-state index contributed by atoms with van der Waals surface area (Å²) in [6.07, 6.45) is 0. The zero-order valence-electron chi connectivity index (χ0n) is 13.5. The van der Waals surface area contributed by atoms with Gasteiger partial charge in [0.2, 0.25) is 10.0 Å². The van der Waals surface area contributed by atoms with E-state index in [0.29, 0.717) is 0 Å². The van der Waals surface area contributed by atoms with Gasteiger partial charge in [-0.3, -0.25) is 14.9 Å². The molecule has 1 saturated heterocycles. The number of hydrogen-bond acceptors (Lipinski definition) is 8. The number of rotatable bonds is 7. The number of hydrogen-bond donors (Lipinski definition) is 0. The molecule has 1 aromatic rings. The highest BCUT2D eigenvalue weighted by Crippen LogP contribution is 2.32. The Kier molecular flexibility index (Phi) is 6.76. The van der Waals surface area contributed by atoms with Crippen LogP contribution in [-0.2, 0) is 24.3 Å². The molecule has 1 fully saturated rings. The molecular weight excluding hydrogens is 372 g/mol. The van der Waals surface area contributed by atoms with Crippen LogP contribution in [0, 0.1) is 10.1 Å². The number of morpholine rings is 1. The third kappa shape index (κ3) is 4.91. The van der Waals surface area contributed by atoms with Gasteiger partial charge in [-0.25, -0.2) is 8.42 Å². The molecule has 2 rings (SSSR count).